The number of hydrogen-bond acceptors (Lipinski definition) is 10. The van der Waals surface area contributed by atoms with Crippen LogP contribution in [0.5, 0.6) is 5.75 Å². The maximum Gasteiger partial charge on any atom is 0.573 e. The molecule has 10 nitrogen and oxygen atoms in total. The second kappa shape index (κ2) is 12.5. The zero-order valence-corrected chi connectivity index (χ0v) is 22.1. The minimum absolute atomic E-state index is 0.0207. The van der Waals surface area contributed by atoms with E-state index in [0.29, 0.717) is 18.4 Å². The molecule has 0 bridgehead atoms. The molecule has 14 heteroatoms. The fraction of sp³-hybridized carbons (Fsp3) is 0.385. The summed E-state index contributed by atoms with van der Waals surface area (Å²) in [7, 11) is 0. The van der Waals surface area contributed by atoms with Gasteiger partial charge in [0.2, 0.25) is 11.2 Å². The molecule has 0 amide bonds. The van der Waals surface area contributed by atoms with E-state index in [2.05, 4.69) is 30.0 Å². The van der Waals surface area contributed by atoms with Gasteiger partial charge in [-0.2, -0.15) is 0 Å². The number of anilines is 1. The predicted molar refractivity (Wildman–Crippen MR) is 136 cm³/mol. The molecule has 1 saturated carbocycles. The third-order valence-electron chi connectivity index (χ3n) is 6.24. The number of halogens is 4. The number of alkyl halides is 3. The van der Waals surface area contributed by atoms with Crippen LogP contribution in [-0.4, -0.2) is 51.5 Å². The van der Waals surface area contributed by atoms with Crippen LogP contribution in [0.15, 0.2) is 43.0 Å². The summed E-state index contributed by atoms with van der Waals surface area (Å²) >= 11 is 5.61. The largest absolute Gasteiger partial charge is 0.573 e. The molecule has 1 N–H and O–H groups in total. The number of aryl methyl sites for hydroxylation is 1. The maximum atomic E-state index is 13.1. The highest BCUT2D eigenvalue weighted by atomic mass is 35.5. The number of esters is 2. The molecular weight excluding hydrogens is 555 g/mol. The Morgan fingerprint density at radius 1 is 1.00 bits per heavy atom. The lowest BCUT2D eigenvalue weighted by molar-refractivity contribution is -0.274. The zero-order chi connectivity index (χ0) is 28.8. The number of aromatic nitrogens is 4. The fourth-order valence-corrected chi connectivity index (χ4v) is 4.27. The van der Waals surface area contributed by atoms with E-state index in [1.165, 1.54) is 30.9 Å². The number of carbonyl (C=O) groups is 2. The molecule has 0 spiro atoms. The molecule has 3 aromatic rings. The Morgan fingerprint density at radius 3 is 2.20 bits per heavy atom. The Morgan fingerprint density at radius 2 is 1.62 bits per heavy atom. The van der Waals surface area contributed by atoms with Crippen LogP contribution in [0.3, 0.4) is 0 Å². The molecular formula is C26H25ClF3N5O5. The van der Waals surface area contributed by atoms with Gasteiger partial charge in [0.15, 0.2) is 0 Å². The van der Waals surface area contributed by atoms with E-state index in [0.717, 1.165) is 12.0 Å². The van der Waals surface area contributed by atoms with Gasteiger partial charge in [0, 0.05) is 24.8 Å². The van der Waals surface area contributed by atoms with Crippen molar-refractivity contribution in [2.75, 3.05) is 18.5 Å². The molecule has 1 aliphatic rings. The minimum atomic E-state index is -4.88. The van der Waals surface area contributed by atoms with Gasteiger partial charge in [-0.3, -0.25) is 0 Å². The van der Waals surface area contributed by atoms with Gasteiger partial charge in [0.1, 0.15) is 5.75 Å². The number of nitrogens with one attached hydrogen (secondary N) is 1. The third-order valence-corrected chi connectivity index (χ3v) is 6.43. The SMILES string of the molecule is CCOC(=O)c1cnc(NC2(c3ccc(OC(F)(F)F)c(CCCOC(=O)c4cnc(Cl)nc4)c3)CCC2)nc1. The van der Waals surface area contributed by atoms with Crippen LogP contribution >= 0.6 is 11.6 Å². The van der Waals surface area contributed by atoms with Crippen molar-refractivity contribution in [3.63, 3.8) is 0 Å². The van der Waals surface area contributed by atoms with Crippen LogP contribution in [0.1, 0.15) is 64.4 Å². The highest BCUT2D eigenvalue weighted by Gasteiger charge is 2.40. The van der Waals surface area contributed by atoms with E-state index in [9.17, 15) is 22.8 Å². The molecule has 1 aliphatic carbocycles. The van der Waals surface area contributed by atoms with E-state index in [1.807, 2.05) is 0 Å². The molecule has 1 aromatic carbocycles. The molecule has 212 valence electrons. The van der Waals surface area contributed by atoms with Gasteiger partial charge in [-0.1, -0.05) is 6.07 Å². The summed E-state index contributed by atoms with van der Waals surface area (Å²) in [6.45, 7) is 1.86. The maximum absolute atomic E-state index is 13.1. The first-order valence-electron chi connectivity index (χ1n) is 12.4. The molecule has 2 heterocycles. The average Bonchev–Trinajstić information content (AvgIpc) is 2.89. The Bertz CT molecular complexity index is 1340. The highest BCUT2D eigenvalue weighted by Crippen LogP contribution is 2.45. The number of carbonyl (C=O) groups excluding carboxylic acids is 2. The minimum Gasteiger partial charge on any atom is -0.462 e. The van der Waals surface area contributed by atoms with Crippen molar-refractivity contribution in [3.8, 4) is 5.75 Å². The Kier molecular flexibility index (Phi) is 9.03. The molecule has 0 unspecified atom stereocenters. The molecule has 40 heavy (non-hydrogen) atoms. The van der Waals surface area contributed by atoms with Crippen LogP contribution in [0.2, 0.25) is 5.28 Å². The second-order valence-electron chi connectivity index (χ2n) is 8.93. The third kappa shape index (κ3) is 7.34. The van der Waals surface area contributed by atoms with E-state index in [4.69, 9.17) is 21.1 Å². The number of nitrogens with zero attached hydrogens (tertiary/aromatic N) is 4. The van der Waals surface area contributed by atoms with Crippen LogP contribution in [0, 0.1) is 0 Å². The van der Waals surface area contributed by atoms with Crippen molar-refractivity contribution < 1.29 is 37.0 Å². The molecule has 0 aliphatic heterocycles. The number of rotatable bonds is 11. The molecule has 0 atom stereocenters. The van der Waals surface area contributed by atoms with Crippen LogP contribution < -0.4 is 10.1 Å². The standard InChI is InChI=1S/C26H25ClF3N5O5/c1-2-38-21(36)18-14-33-24(34-15-18)35-25(8-4-9-25)19-6-7-20(40-26(28,29)30)16(11-19)5-3-10-39-22(37)17-12-31-23(27)32-13-17/h6-7,11-15H,2-5,8-10H2,1H3,(H,33,34,35). The van der Waals surface area contributed by atoms with Crippen molar-refractivity contribution in [1.82, 2.24) is 19.9 Å². The summed E-state index contributed by atoms with van der Waals surface area (Å²) in [5.41, 5.74) is 0.722. The molecule has 0 radical (unpaired) electrons. The number of benzene rings is 1. The lowest BCUT2D eigenvalue weighted by Gasteiger charge is -2.43. The topological polar surface area (TPSA) is 125 Å². The molecule has 4 rings (SSSR count). The van der Waals surface area contributed by atoms with Gasteiger partial charge in [-0.15, -0.1) is 13.2 Å². The van der Waals surface area contributed by atoms with Crippen LogP contribution in [-0.2, 0) is 21.4 Å². The Labute approximate surface area is 232 Å². The summed E-state index contributed by atoms with van der Waals surface area (Å²) < 4.78 is 53.7. The summed E-state index contributed by atoms with van der Waals surface area (Å²) in [5.74, 6) is -1.28. The van der Waals surface area contributed by atoms with Gasteiger partial charge in [-0.25, -0.2) is 29.5 Å². The Balaban J connectivity index is 1.47. The van der Waals surface area contributed by atoms with E-state index >= 15 is 0 Å². The van der Waals surface area contributed by atoms with E-state index in [1.54, 1.807) is 19.1 Å². The highest BCUT2D eigenvalue weighted by molar-refractivity contribution is 6.28. The fourth-order valence-electron chi connectivity index (χ4n) is 4.17. The smallest absolute Gasteiger partial charge is 0.462 e. The van der Waals surface area contributed by atoms with Gasteiger partial charge in [0.05, 0.1) is 29.9 Å². The van der Waals surface area contributed by atoms with Crippen molar-refractivity contribution in [3.05, 3.63) is 70.5 Å². The van der Waals surface area contributed by atoms with E-state index in [-0.39, 0.29) is 54.2 Å². The lowest BCUT2D eigenvalue weighted by atomic mass is 9.71. The molecule has 2 aromatic heterocycles. The average molecular weight is 580 g/mol. The first-order chi connectivity index (χ1) is 19.1. The Hall–Kier alpha value is -4.00. The van der Waals surface area contributed by atoms with Crippen molar-refractivity contribution in [1.29, 1.82) is 0 Å². The number of ether oxygens (including phenoxy) is 3. The summed E-state index contributed by atoms with van der Waals surface area (Å²) in [6, 6.07) is 4.50. The van der Waals surface area contributed by atoms with Crippen LogP contribution in [0.25, 0.3) is 0 Å². The van der Waals surface area contributed by atoms with Gasteiger partial charge in [-0.05, 0) is 73.9 Å². The first-order valence-corrected chi connectivity index (χ1v) is 12.8. The first kappa shape index (κ1) is 29.0. The molecule has 1 fully saturated rings. The normalized spacial score (nSPS) is 14.1. The summed E-state index contributed by atoms with van der Waals surface area (Å²) in [4.78, 5) is 39.9. The predicted octanol–water partition coefficient (Wildman–Crippen LogP) is 5.28. The van der Waals surface area contributed by atoms with Crippen molar-refractivity contribution in [2.45, 2.75) is 50.9 Å². The molecule has 0 saturated heterocycles. The van der Waals surface area contributed by atoms with Crippen molar-refractivity contribution >= 4 is 29.5 Å². The van der Waals surface area contributed by atoms with Crippen LogP contribution in [0.4, 0.5) is 19.1 Å². The lowest BCUT2D eigenvalue weighted by Crippen LogP contribution is -2.42. The summed E-state index contributed by atoms with van der Waals surface area (Å²) in [6.07, 6.45) is 2.90. The second-order valence-corrected chi connectivity index (χ2v) is 9.27. The monoisotopic (exact) mass is 579 g/mol. The zero-order valence-electron chi connectivity index (χ0n) is 21.3. The van der Waals surface area contributed by atoms with Gasteiger partial charge >= 0.3 is 18.3 Å². The number of hydrogen-bond donors (Lipinski definition) is 1. The van der Waals surface area contributed by atoms with Crippen molar-refractivity contribution in [2.24, 2.45) is 0 Å². The van der Waals surface area contributed by atoms with E-state index < -0.39 is 23.8 Å². The van der Waals surface area contributed by atoms with Gasteiger partial charge < -0.3 is 19.5 Å². The van der Waals surface area contributed by atoms with Gasteiger partial charge in [0.25, 0.3) is 0 Å². The summed E-state index contributed by atoms with van der Waals surface area (Å²) in [5, 5.41) is 3.26. The quantitative estimate of drug-likeness (QED) is 0.182.